The zero-order valence-corrected chi connectivity index (χ0v) is 11.0. The van der Waals surface area contributed by atoms with Crippen LogP contribution in [-0.4, -0.2) is 11.9 Å². The zero-order chi connectivity index (χ0) is 12.7. The molecule has 7 atom stereocenters. The third-order valence-corrected chi connectivity index (χ3v) is 6.65. The largest absolute Gasteiger partial charge is 0.393 e. The number of hydrogen-bond donors (Lipinski definition) is 0. The molecular formula is C15H20O3. The summed E-state index contributed by atoms with van der Waals surface area (Å²) in [6.45, 7) is 4.51. The van der Waals surface area contributed by atoms with E-state index in [0.29, 0.717) is 11.8 Å². The smallest absolute Gasteiger partial charge is 0.318 e. The number of fused-ring (bicyclic) bond motifs is 3. The van der Waals surface area contributed by atoms with Crippen molar-refractivity contribution in [2.45, 2.75) is 39.5 Å². The molecule has 0 spiro atoms. The first-order valence-corrected chi connectivity index (χ1v) is 7.31. The Morgan fingerprint density at radius 2 is 2.06 bits per heavy atom. The van der Waals surface area contributed by atoms with E-state index in [-0.39, 0.29) is 29.2 Å². The van der Waals surface area contributed by atoms with Crippen LogP contribution in [0.15, 0.2) is 0 Å². The summed E-state index contributed by atoms with van der Waals surface area (Å²) < 4.78 is 4.94. The van der Waals surface area contributed by atoms with Gasteiger partial charge in [-0.1, -0.05) is 20.3 Å². The lowest BCUT2D eigenvalue weighted by molar-refractivity contribution is -0.154. The van der Waals surface area contributed by atoms with E-state index in [9.17, 15) is 9.59 Å². The van der Waals surface area contributed by atoms with Gasteiger partial charge in [-0.05, 0) is 48.3 Å². The van der Waals surface area contributed by atoms with Crippen molar-refractivity contribution in [1.29, 1.82) is 0 Å². The van der Waals surface area contributed by atoms with Gasteiger partial charge in [-0.25, -0.2) is 0 Å². The minimum absolute atomic E-state index is 0.0488. The molecule has 18 heavy (non-hydrogen) atoms. The molecule has 3 nitrogen and oxygen atoms in total. The van der Waals surface area contributed by atoms with E-state index < -0.39 is 0 Å². The topological polar surface area (TPSA) is 43.4 Å². The molecule has 0 amide bonds. The third-order valence-electron chi connectivity index (χ3n) is 6.65. The summed E-state index contributed by atoms with van der Waals surface area (Å²) in [5, 5.41) is 0. The van der Waals surface area contributed by atoms with Gasteiger partial charge in [0.1, 0.15) is 0 Å². The lowest BCUT2D eigenvalue weighted by Gasteiger charge is -2.50. The molecule has 1 aliphatic heterocycles. The zero-order valence-electron chi connectivity index (χ0n) is 11.0. The number of esters is 2. The predicted octanol–water partition coefficient (Wildman–Crippen LogP) is 2.39. The average Bonchev–Trinajstić information content (AvgIpc) is 2.89. The van der Waals surface area contributed by atoms with Gasteiger partial charge in [-0.3, -0.25) is 9.59 Å². The highest BCUT2D eigenvalue weighted by Crippen LogP contribution is 2.70. The molecule has 3 heteroatoms. The van der Waals surface area contributed by atoms with Crippen molar-refractivity contribution in [3.05, 3.63) is 0 Å². The van der Waals surface area contributed by atoms with Crippen LogP contribution in [0.3, 0.4) is 0 Å². The summed E-state index contributed by atoms with van der Waals surface area (Å²) in [4.78, 5) is 23.9. The van der Waals surface area contributed by atoms with Crippen LogP contribution in [0, 0.1) is 40.9 Å². The molecule has 4 aliphatic rings. The Kier molecular flexibility index (Phi) is 1.94. The van der Waals surface area contributed by atoms with E-state index in [1.54, 1.807) is 0 Å². The number of cyclic esters (lactones) is 2. The van der Waals surface area contributed by atoms with E-state index >= 15 is 0 Å². The van der Waals surface area contributed by atoms with E-state index in [1.807, 2.05) is 0 Å². The Bertz CT molecular complexity index is 443. The average molecular weight is 248 g/mol. The number of rotatable bonds is 1. The molecule has 4 rings (SSSR count). The fourth-order valence-electron chi connectivity index (χ4n) is 6.16. The van der Waals surface area contributed by atoms with Gasteiger partial charge in [-0.2, -0.15) is 0 Å². The minimum atomic E-state index is -0.241. The summed E-state index contributed by atoms with van der Waals surface area (Å²) in [5.74, 6) is 2.17. The van der Waals surface area contributed by atoms with Gasteiger partial charge in [0.15, 0.2) is 0 Å². The summed E-state index contributed by atoms with van der Waals surface area (Å²) in [6, 6.07) is 0. The van der Waals surface area contributed by atoms with Crippen molar-refractivity contribution < 1.29 is 14.3 Å². The van der Waals surface area contributed by atoms with Gasteiger partial charge in [-0.15, -0.1) is 0 Å². The maximum Gasteiger partial charge on any atom is 0.318 e. The first-order valence-electron chi connectivity index (χ1n) is 7.31. The van der Waals surface area contributed by atoms with Crippen LogP contribution in [0.25, 0.3) is 0 Å². The van der Waals surface area contributed by atoms with Crippen molar-refractivity contribution >= 4 is 11.9 Å². The second-order valence-electron chi connectivity index (χ2n) is 7.11. The van der Waals surface area contributed by atoms with Crippen LogP contribution in [0.1, 0.15) is 39.5 Å². The summed E-state index contributed by atoms with van der Waals surface area (Å²) in [7, 11) is 0. The molecule has 1 heterocycles. The van der Waals surface area contributed by atoms with Gasteiger partial charge in [0.2, 0.25) is 0 Å². The molecule has 0 aromatic rings. The molecular weight excluding hydrogens is 228 g/mol. The number of carbonyl (C=O) groups excluding carboxylic acids is 2. The highest BCUT2D eigenvalue weighted by molar-refractivity contribution is 5.97. The highest BCUT2D eigenvalue weighted by atomic mass is 16.6. The highest BCUT2D eigenvalue weighted by Gasteiger charge is 2.69. The first-order chi connectivity index (χ1) is 8.56. The maximum atomic E-state index is 12.0. The molecule has 0 radical (unpaired) electrons. The molecule has 7 unspecified atom stereocenters. The quantitative estimate of drug-likeness (QED) is 0.528. The van der Waals surface area contributed by atoms with Gasteiger partial charge in [0.05, 0.1) is 11.8 Å². The Morgan fingerprint density at radius 3 is 2.78 bits per heavy atom. The lowest BCUT2D eigenvalue weighted by atomic mass is 9.51. The maximum absolute atomic E-state index is 12.0. The molecule has 3 aliphatic carbocycles. The third kappa shape index (κ3) is 1.03. The Morgan fingerprint density at radius 1 is 1.28 bits per heavy atom. The van der Waals surface area contributed by atoms with E-state index in [2.05, 4.69) is 13.8 Å². The first kappa shape index (κ1) is 11.0. The molecule has 0 N–H and O–H groups in total. The monoisotopic (exact) mass is 248 g/mol. The fourth-order valence-corrected chi connectivity index (χ4v) is 6.16. The van der Waals surface area contributed by atoms with Crippen LogP contribution in [-0.2, 0) is 14.3 Å². The number of ether oxygens (including phenoxy) is 1. The predicted molar refractivity (Wildman–Crippen MR) is 64.3 cm³/mol. The van der Waals surface area contributed by atoms with Crippen molar-refractivity contribution in [2.75, 3.05) is 0 Å². The SMILES string of the molecule is CCC1C2CC3C1CC1C(=O)OC(=O)C1C3(C)C2. The van der Waals surface area contributed by atoms with Crippen LogP contribution >= 0.6 is 0 Å². The molecule has 1 saturated heterocycles. The van der Waals surface area contributed by atoms with E-state index in [0.717, 1.165) is 24.7 Å². The summed E-state index contributed by atoms with van der Waals surface area (Å²) in [5.41, 5.74) is 0.0488. The molecule has 4 fully saturated rings. The Hall–Kier alpha value is -0.860. The molecule has 2 bridgehead atoms. The van der Waals surface area contributed by atoms with E-state index in [4.69, 9.17) is 4.74 Å². The van der Waals surface area contributed by atoms with Crippen LogP contribution in [0.2, 0.25) is 0 Å². The van der Waals surface area contributed by atoms with Gasteiger partial charge >= 0.3 is 11.9 Å². The van der Waals surface area contributed by atoms with E-state index in [1.165, 1.54) is 12.8 Å². The van der Waals surface area contributed by atoms with Gasteiger partial charge in [0, 0.05) is 0 Å². The van der Waals surface area contributed by atoms with Crippen LogP contribution in [0.4, 0.5) is 0 Å². The van der Waals surface area contributed by atoms with Gasteiger partial charge in [0.25, 0.3) is 0 Å². The second kappa shape index (κ2) is 3.17. The number of carbonyl (C=O) groups is 2. The molecule has 3 saturated carbocycles. The van der Waals surface area contributed by atoms with Crippen molar-refractivity contribution in [3.8, 4) is 0 Å². The fraction of sp³-hybridized carbons (Fsp3) is 0.867. The molecule has 0 aromatic carbocycles. The Balaban J connectivity index is 1.78. The molecule has 98 valence electrons. The van der Waals surface area contributed by atoms with Crippen molar-refractivity contribution in [1.82, 2.24) is 0 Å². The van der Waals surface area contributed by atoms with Crippen LogP contribution in [0.5, 0.6) is 0 Å². The summed E-state index contributed by atoms with van der Waals surface area (Å²) in [6.07, 6.45) is 4.55. The molecule has 0 aromatic heterocycles. The van der Waals surface area contributed by atoms with Crippen molar-refractivity contribution in [3.63, 3.8) is 0 Å². The second-order valence-corrected chi connectivity index (χ2v) is 7.11. The lowest BCUT2D eigenvalue weighted by Crippen LogP contribution is -2.50. The summed E-state index contributed by atoms with van der Waals surface area (Å²) >= 11 is 0. The Labute approximate surface area is 107 Å². The van der Waals surface area contributed by atoms with Gasteiger partial charge < -0.3 is 4.74 Å². The number of hydrogen-bond acceptors (Lipinski definition) is 3. The van der Waals surface area contributed by atoms with Crippen molar-refractivity contribution in [2.24, 2.45) is 40.9 Å². The standard InChI is InChI=1S/C15H20O3/c1-3-8-7-4-11-9(8)5-10-12(15(11,2)6-7)14(17)18-13(10)16/h7-12H,3-6H2,1-2H3. The normalized spacial score (nSPS) is 56.8. The minimum Gasteiger partial charge on any atom is -0.393 e. The van der Waals surface area contributed by atoms with Crippen LogP contribution < -0.4 is 0 Å².